The van der Waals surface area contributed by atoms with Crippen molar-refractivity contribution in [3.63, 3.8) is 0 Å². The number of aromatic nitrogens is 1. The first-order valence-corrected chi connectivity index (χ1v) is 7.32. The third kappa shape index (κ3) is 2.63. The van der Waals surface area contributed by atoms with Gasteiger partial charge >= 0.3 is 0 Å². The summed E-state index contributed by atoms with van der Waals surface area (Å²) in [7, 11) is 0. The van der Waals surface area contributed by atoms with Gasteiger partial charge in [0, 0.05) is 16.6 Å². The smallest absolute Gasteiger partial charge is 0.265 e. The lowest BCUT2D eigenvalue weighted by Crippen LogP contribution is -2.10. The summed E-state index contributed by atoms with van der Waals surface area (Å²) < 4.78 is 0. The number of amides is 1. The van der Waals surface area contributed by atoms with E-state index in [0.717, 1.165) is 10.2 Å². The summed E-state index contributed by atoms with van der Waals surface area (Å²) in [4.78, 5) is 17.8. The molecule has 100 valence electrons. The lowest BCUT2D eigenvalue weighted by atomic mass is 10.3. The SMILES string of the molecule is O=C(Nc1cc(Cl)ccc1Cl)c1cc2cccnc2s1. The van der Waals surface area contributed by atoms with E-state index in [4.69, 9.17) is 23.2 Å². The van der Waals surface area contributed by atoms with E-state index in [1.807, 2.05) is 12.1 Å². The molecule has 20 heavy (non-hydrogen) atoms. The number of benzene rings is 1. The number of hydrogen-bond donors (Lipinski definition) is 1. The number of anilines is 1. The van der Waals surface area contributed by atoms with Crippen molar-refractivity contribution in [2.75, 3.05) is 5.32 Å². The number of halogens is 2. The van der Waals surface area contributed by atoms with Gasteiger partial charge in [0.25, 0.3) is 5.91 Å². The Morgan fingerprint density at radius 1 is 1.20 bits per heavy atom. The predicted octanol–water partition coefficient (Wildman–Crippen LogP) is 4.86. The standard InChI is InChI=1S/C14H8Cl2N2OS/c15-9-3-4-10(16)11(7-9)18-13(19)12-6-8-2-1-5-17-14(8)20-12/h1-7H,(H,18,19). The summed E-state index contributed by atoms with van der Waals surface area (Å²) in [6, 6.07) is 10.5. The fourth-order valence-corrected chi connectivity index (χ4v) is 3.00. The van der Waals surface area contributed by atoms with E-state index in [1.54, 1.807) is 30.5 Å². The number of thiophene rings is 1. The normalized spacial score (nSPS) is 10.7. The van der Waals surface area contributed by atoms with Gasteiger partial charge in [0.15, 0.2) is 0 Å². The average Bonchev–Trinajstić information content (AvgIpc) is 2.87. The Balaban J connectivity index is 1.90. The van der Waals surface area contributed by atoms with Crippen LogP contribution in [0.3, 0.4) is 0 Å². The van der Waals surface area contributed by atoms with E-state index in [-0.39, 0.29) is 5.91 Å². The second-order valence-corrected chi connectivity index (χ2v) is 5.96. The minimum Gasteiger partial charge on any atom is -0.320 e. The summed E-state index contributed by atoms with van der Waals surface area (Å²) in [5.41, 5.74) is 0.495. The zero-order valence-corrected chi connectivity index (χ0v) is 12.4. The van der Waals surface area contributed by atoms with Gasteiger partial charge in [0.2, 0.25) is 0 Å². The molecule has 3 rings (SSSR count). The minimum absolute atomic E-state index is 0.225. The number of carbonyl (C=O) groups is 1. The van der Waals surface area contributed by atoms with Gasteiger partial charge in [-0.25, -0.2) is 4.98 Å². The van der Waals surface area contributed by atoms with Crippen LogP contribution in [0.1, 0.15) is 9.67 Å². The van der Waals surface area contributed by atoms with Gasteiger partial charge in [-0.05, 0) is 30.3 Å². The molecule has 0 radical (unpaired) electrons. The molecule has 0 aliphatic carbocycles. The average molecular weight is 323 g/mol. The van der Waals surface area contributed by atoms with Gasteiger partial charge in [-0.1, -0.05) is 29.3 Å². The molecule has 3 nitrogen and oxygen atoms in total. The molecule has 0 aliphatic rings. The molecule has 0 unspecified atom stereocenters. The first kappa shape index (κ1) is 13.4. The Morgan fingerprint density at radius 2 is 2.05 bits per heavy atom. The van der Waals surface area contributed by atoms with Crippen LogP contribution in [0.2, 0.25) is 10.0 Å². The number of rotatable bonds is 2. The van der Waals surface area contributed by atoms with Crippen molar-refractivity contribution in [2.45, 2.75) is 0 Å². The second-order valence-electron chi connectivity index (χ2n) is 4.09. The Morgan fingerprint density at radius 3 is 2.85 bits per heavy atom. The second kappa shape index (κ2) is 5.40. The first-order valence-electron chi connectivity index (χ1n) is 5.74. The number of nitrogens with one attached hydrogen (secondary N) is 1. The van der Waals surface area contributed by atoms with Crippen molar-refractivity contribution < 1.29 is 4.79 Å². The highest BCUT2D eigenvalue weighted by Crippen LogP contribution is 2.28. The van der Waals surface area contributed by atoms with Gasteiger partial charge in [-0.15, -0.1) is 11.3 Å². The van der Waals surface area contributed by atoms with E-state index >= 15 is 0 Å². The Labute approximate surface area is 129 Å². The van der Waals surface area contributed by atoms with Crippen molar-refractivity contribution in [2.24, 2.45) is 0 Å². The molecule has 6 heteroatoms. The van der Waals surface area contributed by atoms with Crippen molar-refractivity contribution in [3.8, 4) is 0 Å². The highest BCUT2D eigenvalue weighted by molar-refractivity contribution is 7.20. The maximum atomic E-state index is 12.2. The molecule has 0 fully saturated rings. The lowest BCUT2D eigenvalue weighted by molar-refractivity contribution is 0.103. The van der Waals surface area contributed by atoms with Gasteiger partial charge in [-0.2, -0.15) is 0 Å². The number of hydrogen-bond acceptors (Lipinski definition) is 3. The summed E-state index contributed by atoms with van der Waals surface area (Å²) in [6.07, 6.45) is 1.70. The van der Waals surface area contributed by atoms with Crippen molar-refractivity contribution >= 4 is 56.3 Å². The molecule has 1 aromatic carbocycles. The Kier molecular flexibility index (Phi) is 3.61. The van der Waals surface area contributed by atoms with E-state index < -0.39 is 0 Å². The van der Waals surface area contributed by atoms with E-state index in [1.165, 1.54) is 11.3 Å². The Hall–Kier alpha value is -1.62. The Bertz CT molecular complexity index is 768. The van der Waals surface area contributed by atoms with Crippen LogP contribution >= 0.6 is 34.5 Å². The third-order valence-corrected chi connectivity index (χ3v) is 4.32. The molecule has 0 saturated heterocycles. The van der Waals surface area contributed by atoms with Crippen LogP contribution in [0.15, 0.2) is 42.6 Å². The van der Waals surface area contributed by atoms with E-state index in [9.17, 15) is 4.79 Å². The number of fused-ring (bicyclic) bond motifs is 1. The van der Waals surface area contributed by atoms with Crippen LogP contribution in [0.25, 0.3) is 10.2 Å². The predicted molar refractivity (Wildman–Crippen MR) is 84.0 cm³/mol. The monoisotopic (exact) mass is 322 g/mol. The minimum atomic E-state index is -0.225. The van der Waals surface area contributed by atoms with E-state index in [0.29, 0.717) is 20.6 Å². The molecule has 3 aromatic rings. The highest BCUT2D eigenvalue weighted by Gasteiger charge is 2.12. The number of pyridine rings is 1. The van der Waals surface area contributed by atoms with Crippen LogP contribution in [-0.2, 0) is 0 Å². The fraction of sp³-hybridized carbons (Fsp3) is 0. The molecule has 1 amide bonds. The molecule has 2 heterocycles. The van der Waals surface area contributed by atoms with Crippen molar-refractivity contribution in [1.82, 2.24) is 4.98 Å². The molecule has 0 bridgehead atoms. The van der Waals surface area contributed by atoms with Crippen LogP contribution in [0.5, 0.6) is 0 Å². The number of nitrogens with zero attached hydrogens (tertiary/aromatic N) is 1. The summed E-state index contributed by atoms with van der Waals surface area (Å²) >= 11 is 13.3. The maximum absolute atomic E-state index is 12.2. The fourth-order valence-electron chi connectivity index (χ4n) is 1.76. The highest BCUT2D eigenvalue weighted by atomic mass is 35.5. The molecule has 0 atom stereocenters. The van der Waals surface area contributed by atoms with Gasteiger partial charge in [-0.3, -0.25) is 4.79 Å². The largest absolute Gasteiger partial charge is 0.320 e. The van der Waals surface area contributed by atoms with E-state index in [2.05, 4.69) is 10.3 Å². The zero-order chi connectivity index (χ0) is 14.1. The molecular weight excluding hydrogens is 315 g/mol. The molecule has 0 saturated carbocycles. The summed E-state index contributed by atoms with van der Waals surface area (Å²) in [6.45, 7) is 0. The van der Waals surface area contributed by atoms with Crippen LogP contribution in [0.4, 0.5) is 5.69 Å². The quantitative estimate of drug-likeness (QED) is 0.732. The van der Waals surface area contributed by atoms with Crippen LogP contribution in [0, 0.1) is 0 Å². The third-order valence-electron chi connectivity index (χ3n) is 2.69. The van der Waals surface area contributed by atoms with Gasteiger partial charge in [0.05, 0.1) is 15.6 Å². The summed E-state index contributed by atoms with van der Waals surface area (Å²) in [5.74, 6) is -0.225. The van der Waals surface area contributed by atoms with Gasteiger partial charge < -0.3 is 5.32 Å². The topological polar surface area (TPSA) is 42.0 Å². The zero-order valence-electron chi connectivity index (χ0n) is 10.1. The van der Waals surface area contributed by atoms with Crippen LogP contribution in [-0.4, -0.2) is 10.9 Å². The van der Waals surface area contributed by atoms with Gasteiger partial charge in [0.1, 0.15) is 4.83 Å². The van der Waals surface area contributed by atoms with Crippen LogP contribution < -0.4 is 5.32 Å². The molecular formula is C14H8Cl2N2OS. The van der Waals surface area contributed by atoms with Crippen molar-refractivity contribution in [3.05, 3.63) is 57.5 Å². The summed E-state index contributed by atoms with van der Waals surface area (Å²) in [5, 5.41) is 4.66. The lowest BCUT2D eigenvalue weighted by Gasteiger charge is -2.06. The molecule has 0 spiro atoms. The molecule has 0 aliphatic heterocycles. The van der Waals surface area contributed by atoms with Crippen molar-refractivity contribution in [1.29, 1.82) is 0 Å². The maximum Gasteiger partial charge on any atom is 0.265 e. The first-order chi connectivity index (χ1) is 9.63. The number of carbonyl (C=O) groups excluding carboxylic acids is 1. The molecule has 2 aromatic heterocycles. The molecule has 1 N–H and O–H groups in total.